The first-order valence-corrected chi connectivity index (χ1v) is 9.89. The van der Waals surface area contributed by atoms with Crippen LogP contribution >= 0.6 is 23.2 Å². The standard InChI is InChI=1S/C15H10Cl2F6N2O4S/c1-6(2)29-13(26)12-10(30(27,28)15(21,22)23)5-24-25(12)11-8(16)3-7(4-9(11)17)14(18,19)20/h3-6H,1-2H3. The molecule has 15 heteroatoms. The molecule has 0 N–H and O–H groups in total. The molecule has 0 aliphatic rings. The highest BCUT2D eigenvalue weighted by Gasteiger charge is 2.50. The largest absolute Gasteiger partial charge is 0.502 e. The molecule has 0 amide bonds. The second-order valence-electron chi connectivity index (χ2n) is 5.96. The third kappa shape index (κ3) is 4.52. The summed E-state index contributed by atoms with van der Waals surface area (Å²) in [5, 5.41) is 1.88. The van der Waals surface area contributed by atoms with Crippen LogP contribution < -0.4 is 0 Å². The monoisotopic (exact) mass is 498 g/mol. The quantitative estimate of drug-likeness (QED) is 0.435. The van der Waals surface area contributed by atoms with Gasteiger partial charge in [0.05, 0.1) is 27.9 Å². The second kappa shape index (κ2) is 7.93. The summed E-state index contributed by atoms with van der Waals surface area (Å²) in [7, 11) is -6.08. The lowest BCUT2D eigenvalue weighted by atomic mass is 10.2. The van der Waals surface area contributed by atoms with E-state index in [-0.39, 0.29) is 10.9 Å². The molecule has 0 saturated carbocycles. The summed E-state index contributed by atoms with van der Waals surface area (Å²) >= 11 is 11.6. The van der Waals surface area contributed by atoms with E-state index >= 15 is 0 Å². The zero-order chi connectivity index (χ0) is 23.2. The van der Waals surface area contributed by atoms with Crippen LogP contribution in [0, 0.1) is 0 Å². The highest BCUT2D eigenvalue weighted by atomic mass is 35.5. The maximum atomic E-state index is 13.0. The molecule has 0 saturated heterocycles. The summed E-state index contributed by atoms with van der Waals surface area (Å²) in [6.45, 7) is 2.66. The number of esters is 1. The van der Waals surface area contributed by atoms with E-state index in [0.717, 1.165) is 0 Å². The van der Waals surface area contributed by atoms with Gasteiger partial charge in [-0.1, -0.05) is 23.2 Å². The van der Waals surface area contributed by atoms with Crippen LogP contribution in [0.15, 0.2) is 23.2 Å². The Balaban J connectivity index is 2.85. The minimum atomic E-state index is -6.08. The lowest BCUT2D eigenvalue weighted by Crippen LogP contribution is -2.26. The van der Waals surface area contributed by atoms with Gasteiger partial charge in [-0.05, 0) is 26.0 Å². The summed E-state index contributed by atoms with van der Waals surface area (Å²) < 4.78 is 107. The topological polar surface area (TPSA) is 78.3 Å². The van der Waals surface area contributed by atoms with Crippen molar-refractivity contribution < 1.29 is 44.3 Å². The first kappa shape index (κ1) is 24.3. The number of aromatic nitrogens is 2. The third-order valence-corrected chi connectivity index (χ3v) is 5.49. The molecule has 0 spiro atoms. The molecular weight excluding hydrogens is 489 g/mol. The van der Waals surface area contributed by atoms with Crippen molar-refractivity contribution in [2.24, 2.45) is 0 Å². The number of ether oxygens (including phenoxy) is 1. The van der Waals surface area contributed by atoms with Crippen molar-refractivity contribution in [1.82, 2.24) is 9.78 Å². The number of carbonyl (C=O) groups excluding carboxylic acids is 1. The average molecular weight is 499 g/mol. The van der Waals surface area contributed by atoms with Gasteiger partial charge in [0.25, 0.3) is 9.84 Å². The van der Waals surface area contributed by atoms with E-state index in [2.05, 4.69) is 5.10 Å². The fourth-order valence-electron chi connectivity index (χ4n) is 2.21. The number of benzene rings is 1. The summed E-state index contributed by atoms with van der Waals surface area (Å²) in [6.07, 6.45) is -5.55. The first-order chi connectivity index (χ1) is 13.5. The summed E-state index contributed by atoms with van der Waals surface area (Å²) in [5.41, 5.74) is -8.97. The van der Waals surface area contributed by atoms with Crippen LogP contribution in [0.25, 0.3) is 5.69 Å². The Morgan fingerprint density at radius 1 is 1.10 bits per heavy atom. The fraction of sp³-hybridized carbons (Fsp3) is 0.333. The molecule has 6 nitrogen and oxygen atoms in total. The number of nitrogens with zero attached hydrogens (tertiary/aromatic N) is 2. The second-order valence-corrected chi connectivity index (χ2v) is 8.68. The van der Waals surface area contributed by atoms with Crippen molar-refractivity contribution in [3.63, 3.8) is 0 Å². The number of carbonyl (C=O) groups is 1. The number of sulfone groups is 1. The van der Waals surface area contributed by atoms with E-state index < -0.39 is 65.5 Å². The SMILES string of the molecule is CC(C)OC(=O)c1c(S(=O)(=O)C(F)(F)F)cnn1-c1c(Cl)cc(C(F)(F)F)cc1Cl. The van der Waals surface area contributed by atoms with Crippen molar-refractivity contribution in [2.75, 3.05) is 0 Å². The lowest BCUT2D eigenvalue weighted by Gasteiger charge is -2.16. The normalized spacial score (nSPS) is 13.0. The van der Waals surface area contributed by atoms with Crippen LogP contribution in [0.2, 0.25) is 10.0 Å². The predicted molar refractivity (Wildman–Crippen MR) is 92.4 cm³/mol. The number of halogens is 8. The molecule has 0 radical (unpaired) electrons. The van der Waals surface area contributed by atoms with Crippen LogP contribution in [-0.2, 0) is 20.8 Å². The molecular formula is C15H10Cl2F6N2O4S. The maximum Gasteiger partial charge on any atom is 0.502 e. The van der Waals surface area contributed by atoms with Crippen molar-refractivity contribution in [2.45, 2.75) is 36.5 Å². The number of hydrogen-bond acceptors (Lipinski definition) is 5. The average Bonchev–Trinajstić information content (AvgIpc) is 2.96. The summed E-state index contributed by atoms with van der Waals surface area (Å²) in [6, 6.07) is 0.778. The minimum absolute atomic E-state index is 0.198. The van der Waals surface area contributed by atoms with Gasteiger partial charge in [-0.15, -0.1) is 0 Å². The van der Waals surface area contributed by atoms with Gasteiger partial charge < -0.3 is 4.74 Å². The van der Waals surface area contributed by atoms with Gasteiger partial charge in [0.15, 0.2) is 5.69 Å². The smallest absolute Gasteiger partial charge is 0.458 e. The number of hydrogen-bond donors (Lipinski definition) is 0. The van der Waals surface area contributed by atoms with Crippen LogP contribution in [0.1, 0.15) is 29.9 Å². The molecule has 2 rings (SSSR count). The highest BCUT2D eigenvalue weighted by Crippen LogP contribution is 2.39. The van der Waals surface area contributed by atoms with Crippen LogP contribution in [0.5, 0.6) is 0 Å². The van der Waals surface area contributed by atoms with Gasteiger partial charge in [0.1, 0.15) is 10.6 Å². The van der Waals surface area contributed by atoms with E-state index in [0.29, 0.717) is 12.1 Å². The molecule has 1 aromatic carbocycles. The van der Waals surface area contributed by atoms with Crippen molar-refractivity contribution in [3.05, 3.63) is 39.6 Å². The molecule has 30 heavy (non-hydrogen) atoms. The van der Waals surface area contributed by atoms with Crippen molar-refractivity contribution in [3.8, 4) is 5.69 Å². The van der Waals surface area contributed by atoms with Gasteiger partial charge in [-0.3, -0.25) is 0 Å². The predicted octanol–water partition coefficient (Wildman–Crippen LogP) is 5.06. The van der Waals surface area contributed by atoms with E-state index in [9.17, 15) is 39.6 Å². The Hall–Kier alpha value is -1.99. The Labute approximate surface area is 175 Å². The van der Waals surface area contributed by atoms with Crippen LogP contribution in [-0.4, -0.2) is 35.8 Å². The van der Waals surface area contributed by atoms with Crippen molar-refractivity contribution >= 4 is 39.0 Å². The Kier molecular flexibility index (Phi) is 6.42. The molecule has 0 aliphatic heterocycles. The molecule has 0 atom stereocenters. The van der Waals surface area contributed by atoms with E-state index in [1.165, 1.54) is 13.8 Å². The van der Waals surface area contributed by atoms with E-state index in [1.54, 1.807) is 0 Å². The van der Waals surface area contributed by atoms with Gasteiger partial charge in [0, 0.05) is 0 Å². The molecule has 0 aliphatic carbocycles. The molecule has 0 bridgehead atoms. The van der Waals surface area contributed by atoms with Gasteiger partial charge in [-0.25, -0.2) is 17.9 Å². The van der Waals surface area contributed by atoms with Gasteiger partial charge >= 0.3 is 17.7 Å². The molecule has 0 fully saturated rings. The third-order valence-electron chi connectivity index (χ3n) is 3.42. The fourth-order valence-corrected chi connectivity index (χ4v) is 3.72. The van der Waals surface area contributed by atoms with E-state index in [4.69, 9.17) is 27.9 Å². The van der Waals surface area contributed by atoms with Gasteiger partial charge in [-0.2, -0.15) is 31.4 Å². The summed E-state index contributed by atoms with van der Waals surface area (Å²) in [5.74, 6) is -1.54. The number of alkyl halides is 6. The van der Waals surface area contributed by atoms with Crippen molar-refractivity contribution in [1.29, 1.82) is 0 Å². The Morgan fingerprint density at radius 3 is 2.00 bits per heavy atom. The maximum absolute atomic E-state index is 13.0. The molecule has 166 valence electrons. The highest BCUT2D eigenvalue weighted by molar-refractivity contribution is 7.92. The Bertz CT molecular complexity index is 1070. The zero-order valence-corrected chi connectivity index (χ0v) is 17.1. The van der Waals surface area contributed by atoms with Gasteiger partial charge in [0.2, 0.25) is 0 Å². The summed E-state index contributed by atoms with van der Waals surface area (Å²) in [4.78, 5) is 10.8. The zero-order valence-electron chi connectivity index (χ0n) is 14.8. The first-order valence-electron chi connectivity index (χ1n) is 7.65. The lowest BCUT2D eigenvalue weighted by molar-refractivity contribution is -0.137. The Morgan fingerprint density at radius 2 is 1.60 bits per heavy atom. The van der Waals surface area contributed by atoms with Crippen LogP contribution in [0.4, 0.5) is 26.3 Å². The molecule has 1 heterocycles. The van der Waals surface area contributed by atoms with Crippen LogP contribution in [0.3, 0.4) is 0 Å². The molecule has 2 aromatic rings. The minimum Gasteiger partial charge on any atom is -0.458 e. The van der Waals surface area contributed by atoms with E-state index in [1.807, 2.05) is 0 Å². The number of rotatable bonds is 4. The molecule has 1 aromatic heterocycles. The molecule has 0 unspecified atom stereocenters.